The number of benzene rings is 7. The molecule has 0 atom stereocenters. The summed E-state index contributed by atoms with van der Waals surface area (Å²) in [6.45, 7) is 13.0. The predicted octanol–water partition coefficient (Wildman–Crippen LogP) is 15.0. The van der Waals surface area contributed by atoms with Crippen LogP contribution >= 0.6 is 0 Å². The third-order valence-corrected chi connectivity index (χ3v) is 10.2. The normalized spacial score (nSPS) is 11.4. The van der Waals surface area contributed by atoms with Gasteiger partial charge in [0.05, 0.1) is 0 Å². The lowest BCUT2D eigenvalue weighted by atomic mass is 9.98. The van der Waals surface area contributed by atoms with E-state index >= 15 is 0 Å². The Labute approximate surface area is 322 Å². The van der Waals surface area contributed by atoms with Crippen LogP contribution in [0.15, 0.2) is 164 Å². The highest BCUT2D eigenvalue weighted by atomic mass is 15.1. The maximum Gasteiger partial charge on any atom is 0.0491 e. The van der Waals surface area contributed by atoms with Gasteiger partial charge in [-0.3, -0.25) is 0 Å². The molecule has 0 bridgehead atoms. The fourth-order valence-electron chi connectivity index (χ4n) is 7.19. The third-order valence-electron chi connectivity index (χ3n) is 10.2. The highest BCUT2D eigenvalue weighted by Gasteiger charge is 2.18. The van der Waals surface area contributed by atoms with E-state index in [0.29, 0.717) is 0 Å². The minimum absolute atomic E-state index is 1.12. The van der Waals surface area contributed by atoms with E-state index in [1.54, 1.807) is 0 Å². The first-order valence-electron chi connectivity index (χ1n) is 18.8. The molecule has 0 aliphatic heterocycles. The van der Waals surface area contributed by atoms with Crippen molar-refractivity contribution < 1.29 is 0 Å². The SMILES string of the molecule is CC=Cc1ccc(N(c2ccccc2)c2ccc(-c3ccc(N(c4ccccc4)c4ccc(C=Cc5cc(C)c(C)cc5C)cc4)c(C)c3)cc2C)cc1. The lowest BCUT2D eigenvalue weighted by molar-refractivity contribution is 1.24. The average molecular weight is 701 g/mol. The van der Waals surface area contributed by atoms with Crippen molar-refractivity contribution in [3.05, 3.63) is 208 Å². The van der Waals surface area contributed by atoms with E-state index in [4.69, 9.17) is 0 Å². The first kappa shape index (κ1) is 36.0. The van der Waals surface area contributed by atoms with Gasteiger partial charge in [0.2, 0.25) is 0 Å². The van der Waals surface area contributed by atoms with Gasteiger partial charge in [-0.05, 0) is 170 Å². The van der Waals surface area contributed by atoms with E-state index in [1.807, 2.05) is 0 Å². The van der Waals surface area contributed by atoms with E-state index in [9.17, 15) is 0 Å². The van der Waals surface area contributed by atoms with Crippen LogP contribution in [0.25, 0.3) is 29.4 Å². The van der Waals surface area contributed by atoms with Gasteiger partial charge < -0.3 is 9.80 Å². The number of hydrogen-bond acceptors (Lipinski definition) is 2. The first-order valence-corrected chi connectivity index (χ1v) is 18.8. The molecular formula is C52H48N2. The Bertz CT molecular complexity index is 2420. The fraction of sp³-hybridized carbons (Fsp3) is 0.115. The monoisotopic (exact) mass is 700 g/mol. The zero-order valence-electron chi connectivity index (χ0n) is 32.2. The molecular weight excluding hydrogens is 653 g/mol. The van der Waals surface area contributed by atoms with Gasteiger partial charge in [-0.25, -0.2) is 0 Å². The van der Waals surface area contributed by atoms with Crippen molar-refractivity contribution in [1.82, 2.24) is 0 Å². The molecule has 2 heteroatoms. The smallest absolute Gasteiger partial charge is 0.0491 e. The molecule has 7 aromatic carbocycles. The zero-order valence-corrected chi connectivity index (χ0v) is 32.2. The summed E-state index contributed by atoms with van der Waals surface area (Å²) in [4.78, 5) is 4.70. The molecule has 0 aliphatic rings. The minimum atomic E-state index is 1.12. The summed E-state index contributed by atoms with van der Waals surface area (Å²) < 4.78 is 0. The summed E-state index contributed by atoms with van der Waals surface area (Å²) in [5.74, 6) is 0. The Morgan fingerprint density at radius 3 is 1.22 bits per heavy atom. The van der Waals surface area contributed by atoms with E-state index in [0.717, 1.165) is 34.1 Å². The maximum absolute atomic E-state index is 2.35. The molecule has 54 heavy (non-hydrogen) atoms. The van der Waals surface area contributed by atoms with Crippen LogP contribution in [0.1, 0.15) is 51.4 Å². The molecule has 0 N–H and O–H groups in total. The van der Waals surface area contributed by atoms with Crippen molar-refractivity contribution in [3.63, 3.8) is 0 Å². The molecule has 266 valence electrons. The highest BCUT2D eigenvalue weighted by molar-refractivity contribution is 5.84. The van der Waals surface area contributed by atoms with Gasteiger partial charge in [0.25, 0.3) is 0 Å². The van der Waals surface area contributed by atoms with Crippen molar-refractivity contribution in [2.75, 3.05) is 9.80 Å². The molecule has 0 aliphatic carbocycles. The summed E-state index contributed by atoms with van der Waals surface area (Å²) in [6.07, 6.45) is 8.64. The Morgan fingerprint density at radius 2 is 0.778 bits per heavy atom. The number of nitrogens with zero attached hydrogens (tertiary/aromatic N) is 2. The van der Waals surface area contributed by atoms with Crippen LogP contribution in [-0.4, -0.2) is 0 Å². The molecule has 0 radical (unpaired) electrons. The zero-order chi connectivity index (χ0) is 37.6. The lowest BCUT2D eigenvalue weighted by Crippen LogP contribution is -2.11. The Hall–Kier alpha value is -6.38. The van der Waals surface area contributed by atoms with Crippen LogP contribution in [0.4, 0.5) is 34.1 Å². The number of rotatable bonds is 10. The van der Waals surface area contributed by atoms with Gasteiger partial charge in [-0.2, -0.15) is 0 Å². The summed E-state index contributed by atoms with van der Waals surface area (Å²) in [7, 11) is 0. The van der Waals surface area contributed by atoms with Gasteiger partial charge in [0, 0.05) is 34.1 Å². The van der Waals surface area contributed by atoms with Crippen molar-refractivity contribution in [3.8, 4) is 11.1 Å². The molecule has 0 saturated heterocycles. The van der Waals surface area contributed by atoms with E-state index < -0.39 is 0 Å². The second-order valence-corrected chi connectivity index (χ2v) is 14.2. The van der Waals surface area contributed by atoms with Crippen LogP contribution in [0.2, 0.25) is 0 Å². The van der Waals surface area contributed by atoms with Crippen LogP contribution in [0.5, 0.6) is 0 Å². The van der Waals surface area contributed by atoms with Gasteiger partial charge in [0.15, 0.2) is 0 Å². The van der Waals surface area contributed by atoms with Crippen molar-refractivity contribution in [2.45, 2.75) is 41.5 Å². The topological polar surface area (TPSA) is 6.48 Å². The first-order chi connectivity index (χ1) is 26.3. The van der Waals surface area contributed by atoms with Crippen molar-refractivity contribution in [1.29, 1.82) is 0 Å². The van der Waals surface area contributed by atoms with Crippen molar-refractivity contribution in [2.24, 2.45) is 0 Å². The maximum atomic E-state index is 2.35. The summed E-state index contributed by atoms with van der Waals surface area (Å²) >= 11 is 0. The third kappa shape index (κ3) is 7.84. The molecule has 0 saturated carbocycles. The Kier molecular flexibility index (Phi) is 10.7. The quantitative estimate of drug-likeness (QED) is 0.131. The molecule has 2 nitrogen and oxygen atoms in total. The molecule has 0 aromatic heterocycles. The number of hydrogen-bond donors (Lipinski definition) is 0. The van der Waals surface area contributed by atoms with Crippen LogP contribution < -0.4 is 9.80 Å². The van der Waals surface area contributed by atoms with Crippen LogP contribution in [0.3, 0.4) is 0 Å². The van der Waals surface area contributed by atoms with Crippen molar-refractivity contribution >= 4 is 52.4 Å². The number of anilines is 6. The average Bonchev–Trinajstić information content (AvgIpc) is 3.19. The van der Waals surface area contributed by atoms with Crippen LogP contribution in [0, 0.1) is 34.6 Å². The lowest BCUT2D eigenvalue weighted by Gasteiger charge is -2.28. The van der Waals surface area contributed by atoms with Gasteiger partial charge in [0.1, 0.15) is 0 Å². The molecule has 0 unspecified atom stereocenters. The highest BCUT2D eigenvalue weighted by Crippen LogP contribution is 2.41. The summed E-state index contributed by atoms with van der Waals surface area (Å²) in [6, 6.07) is 57.1. The Morgan fingerprint density at radius 1 is 0.352 bits per heavy atom. The summed E-state index contributed by atoms with van der Waals surface area (Å²) in [5.41, 5.74) is 19.2. The Balaban J connectivity index is 1.19. The molecule has 7 aromatic rings. The van der Waals surface area contributed by atoms with E-state index in [1.165, 1.54) is 55.6 Å². The predicted molar refractivity (Wildman–Crippen MR) is 235 cm³/mol. The van der Waals surface area contributed by atoms with E-state index in [2.05, 4.69) is 233 Å². The number of allylic oxidation sites excluding steroid dienone is 1. The standard InChI is InChI=1S/C52H48N2/c1-7-14-42-20-27-49(28-21-42)53(47-15-10-8-11-16-47)51-31-25-45(35-40(51)5)46-26-32-52(41(6)36-46)54(48-17-12-9-13-18-48)50-29-22-43(23-30-50)19-24-44-34-38(3)37(2)33-39(44)4/h7-36H,1-6H3. The van der Waals surface area contributed by atoms with Gasteiger partial charge in [-0.1, -0.05) is 109 Å². The largest absolute Gasteiger partial charge is 0.310 e. The summed E-state index contributed by atoms with van der Waals surface area (Å²) in [5, 5.41) is 0. The van der Waals surface area contributed by atoms with Crippen LogP contribution in [-0.2, 0) is 0 Å². The molecule has 0 spiro atoms. The molecule has 7 rings (SSSR count). The van der Waals surface area contributed by atoms with Gasteiger partial charge in [-0.15, -0.1) is 0 Å². The molecule has 0 heterocycles. The fourth-order valence-corrected chi connectivity index (χ4v) is 7.19. The van der Waals surface area contributed by atoms with E-state index in [-0.39, 0.29) is 0 Å². The molecule has 0 fully saturated rings. The second kappa shape index (κ2) is 16.1. The number of aryl methyl sites for hydroxylation is 5. The molecule has 0 amide bonds. The number of para-hydroxylation sites is 2. The van der Waals surface area contributed by atoms with Gasteiger partial charge >= 0.3 is 0 Å². The second-order valence-electron chi connectivity index (χ2n) is 14.2. The minimum Gasteiger partial charge on any atom is -0.310 e.